The lowest BCUT2D eigenvalue weighted by Crippen LogP contribution is -2.36. The summed E-state index contributed by atoms with van der Waals surface area (Å²) in [7, 11) is 4.03. The summed E-state index contributed by atoms with van der Waals surface area (Å²) in [5, 5.41) is 3.13. The van der Waals surface area contributed by atoms with Crippen LogP contribution in [0.25, 0.3) is 0 Å². The standard InChI is InChI=1S/C18H22N2OS/c1-20(2)13-17(15-9-5-3-6-10-15)19-18(21)14-22-16-11-7-4-8-12-16/h3-12,17H,13-14H2,1-2H3,(H,19,21)/t17-/m1/s1. The van der Waals surface area contributed by atoms with Gasteiger partial charge in [-0.05, 0) is 31.8 Å². The first-order chi connectivity index (χ1) is 10.6. The molecule has 1 atom stereocenters. The fraction of sp³-hybridized carbons (Fsp3) is 0.278. The van der Waals surface area contributed by atoms with Crippen molar-refractivity contribution >= 4 is 17.7 Å². The number of hydrogen-bond acceptors (Lipinski definition) is 3. The minimum Gasteiger partial charge on any atom is -0.347 e. The van der Waals surface area contributed by atoms with Gasteiger partial charge in [-0.15, -0.1) is 11.8 Å². The summed E-state index contributed by atoms with van der Waals surface area (Å²) >= 11 is 1.56. The molecule has 0 aliphatic heterocycles. The highest BCUT2D eigenvalue weighted by Gasteiger charge is 2.15. The zero-order valence-corrected chi connectivity index (χ0v) is 13.8. The van der Waals surface area contributed by atoms with Crippen molar-refractivity contribution in [3.8, 4) is 0 Å². The Labute approximate surface area is 136 Å². The number of amides is 1. The fourth-order valence-electron chi connectivity index (χ4n) is 2.19. The molecule has 0 fully saturated rings. The molecule has 2 aromatic carbocycles. The number of nitrogens with zero attached hydrogens (tertiary/aromatic N) is 1. The van der Waals surface area contributed by atoms with Crippen LogP contribution in [0.2, 0.25) is 0 Å². The van der Waals surface area contributed by atoms with E-state index in [1.807, 2.05) is 62.6 Å². The lowest BCUT2D eigenvalue weighted by Gasteiger charge is -2.22. The second kappa shape index (κ2) is 8.61. The molecule has 0 unspecified atom stereocenters. The molecule has 0 aromatic heterocycles. The highest BCUT2D eigenvalue weighted by Crippen LogP contribution is 2.18. The molecule has 1 N–H and O–H groups in total. The van der Waals surface area contributed by atoms with Gasteiger partial charge in [0.2, 0.25) is 5.91 Å². The molecule has 4 heteroatoms. The van der Waals surface area contributed by atoms with Gasteiger partial charge in [0.25, 0.3) is 0 Å². The molecule has 116 valence electrons. The van der Waals surface area contributed by atoms with Crippen molar-refractivity contribution in [2.45, 2.75) is 10.9 Å². The molecule has 0 spiro atoms. The van der Waals surface area contributed by atoms with Crippen molar-refractivity contribution in [3.63, 3.8) is 0 Å². The monoisotopic (exact) mass is 314 g/mol. The molecular formula is C18H22N2OS. The van der Waals surface area contributed by atoms with Crippen LogP contribution in [-0.4, -0.2) is 37.2 Å². The van der Waals surface area contributed by atoms with Crippen LogP contribution in [0.1, 0.15) is 11.6 Å². The minimum atomic E-state index is 0.0140. The second-order valence-electron chi connectivity index (χ2n) is 5.39. The normalized spacial score (nSPS) is 12.1. The maximum atomic E-state index is 12.2. The van der Waals surface area contributed by atoms with E-state index in [0.717, 1.165) is 17.0 Å². The minimum absolute atomic E-state index is 0.0140. The molecule has 2 rings (SSSR count). The van der Waals surface area contributed by atoms with Crippen molar-refractivity contribution in [3.05, 3.63) is 66.2 Å². The molecule has 0 radical (unpaired) electrons. The van der Waals surface area contributed by atoms with Crippen LogP contribution < -0.4 is 5.32 Å². The number of benzene rings is 2. The lowest BCUT2D eigenvalue weighted by molar-refractivity contribution is -0.119. The molecule has 3 nitrogen and oxygen atoms in total. The smallest absolute Gasteiger partial charge is 0.230 e. The Bertz CT molecular complexity index is 572. The molecule has 0 bridgehead atoms. The Balaban J connectivity index is 1.93. The summed E-state index contributed by atoms with van der Waals surface area (Å²) in [5.41, 5.74) is 1.13. The summed E-state index contributed by atoms with van der Waals surface area (Å²) in [4.78, 5) is 15.4. The van der Waals surface area contributed by atoms with Gasteiger partial charge in [0.1, 0.15) is 0 Å². The Hall–Kier alpha value is -1.78. The van der Waals surface area contributed by atoms with E-state index in [9.17, 15) is 4.79 Å². The SMILES string of the molecule is CN(C)C[C@@H](NC(=O)CSc1ccccc1)c1ccccc1. The van der Waals surface area contributed by atoms with E-state index in [4.69, 9.17) is 0 Å². The first-order valence-corrected chi connectivity index (χ1v) is 8.30. The Kier molecular flexibility index (Phi) is 6.49. The van der Waals surface area contributed by atoms with Gasteiger partial charge < -0.3 is 10.2 Å². The molecule has 0 heterocycles. The number of nitrogens with one attached hydrogen (secondary N) is 1. The number of carbonyl (C=O) groups excluding carboxylic acids is 1. The number of rotatable bonds is 7. The van der Waals surface area contributed by atoms with Gasteiger partial charge >= 0.3 is 0 Å². The average molecular weight is 314 g/mol. The predicted octanol–water partition coefficient (Wildman–Crippen LogP) is 3.20. The van der Waals surface area contributed by atoms with E-state index in [0.29, 0.717) is 5.75 Å². The second-order valence-corrected chi connectivity index (χ2v) is 6.44. The zero-order chi connectivity index (χ0) is 15.8. The maximum Gasteiger partial charge on any atom is 0.230 e. The maximum absolute atomic E-state index is 12.2. The van der Waals surface area contributed by atoms with E-state index in [2.05, 4.69) is 22.3 Å². The molecule has 0 aliphatic rings. The van der Waals surface area contributed by atoms with Gasteiger partial charge in [0.05, 0.1) is 11.8 Å². The zero-order valence-electron chi connectivity index (χ0n) is 13.0. The number of carbonyl (C=O) groups is 1. The Morgan fingerprint density at radius 3 is 2.23 bits per heavy atom. The highest BCUT2D eigenvalue weighted by atomic mass is 32.2. The van der Waals surface area contributed by atoms with E-state index in [1.165, 1.54) is 0 Å². The highest BCUT2D eigenvalue weighted by molar-refractivity contribution is 8.00. The third-order valence-electron chi connectivity index (χ3n) is 3.20. The van der Waals surface area contributed by atoms with Gasteiger partial charge in [-0.2, -0.15) is 0 Å². The molecule has 0 saturated carbocycles. The van der Waals surface area contributed by atoms with Gasteiger partial charge in [-0.25, -0.2) is 0 Å². The molecule has 1 amide bonds. The number of likely N-dealkylation sites (N-methyl/N-ethyl adjacent to an activating group) is 1. The predicted molar refractivity (Wildman–Crippen MR) is 93.0 cm³/mol. The lowest BCUT2D eigenvalue weighted by atomic mass is 10.1. The van der Waals surface area contributed by atoms with Gasteiger partial charge in [-0.1, -0.05) is 48.5 Å². The molecule has 22 heavy (non-hydrogen) atoms. The van der Waals surface area contributed by atoms with Crippen LogP contribution in [0.5, 0.6) is 0 Å². The van der Waals surface area contributed by atoms with Gasteiger partial charge in [0, 0.05) is 11.4 Å². The summed E-state index contributed by atoms with van der Waals surface area (Å²) in [6.07, 6.45) is 0. The van der Waals surface area contributed by atoms with Crippen LogP contribution in [-0.2, 0) is 4.79 Å². The van der Waals surface area contributed by atoms with E-state index >= 15 is 0 Å². The fourth-order valence-corrected chi connectivity index (χ4v) is 2.92. The molecular weight excluding hydrogens is 292 g/mol. The number of hydrogen-bond donors (Lipinski definition) is 1. The molecule has 2 aromatic rings. The van der Waals surface area contributed by atoms with Crippen LogP contribution in [0, 0.1) is 0 Å². The number of thioether (sulfide) groups is 1. The van der Waals surface area contributed by atoms with E-state index < -0.39 is 0 Å². The summed E-state index contributed by atoms with van der Waals surface area (Å²) < 4.78 is 0. The topological polar surface area (TPSA) is 32.3 Å². The Morgan fingerprint density at radius 1 is 1.05 bits per heavy atom. The molecule has 0 aliphatic carbocycles. The van der Waals surface area contributed by atoms with Crippen LogP contribution in [0.3, 0.4) is 0 Å². The Morgan fingerprint density at radius 2 is 1.64 bits per heavy atom. The van der Waals surface area contributed by atoms with Crippen molar-refractivity contribution in [2.24, 2.45) is 0 Å². The summed E-state index contributed by atoms with van der Waals surface area (Å²) in [5.74, 6) is 0.491. The summed E-state index contributed by atoms with van der Waals surface area (Å²) in [6, 6.07) is 20.1. The average Bonchev–Trinajstić information content (AvgIpc) is 2.54. The first kappa shape index (κ1) is 16.6. The van der Waals surface area contributed by atoms with Crippen molar-refractivity contribution in [1.29, 1.82) is 0 Å². The molecule has 0 saturated heterocycles. The quantitative estimate of drug-likeness (QED) is 0.797. The van der Waals surface area contributed by atoms with Crippen molar-refractivity contribution in [2.75, 3.05) is 26.4 Å². The van der Waals surface area contributed by atoms with Crippen molar-refractivity contribution in [1.82, 2.24) is 10.2 Å². The van der Waals surface area contributed by atoms with Crippen LogP contribution >= 0.6 is 11.8 Å². The van der Waals surface area contributed by atoms with E-state index in [1.54, 1.807) is 11.8 Å². The first-order valence-electron chi connectivity index (χ1n) is 7.32. The van der Waals surface area contributed by atoms with E-state index in [-0.39, 0.29) is 11.9 Å². The van der Waals surface area contributed by atoms with Gasteiger partial charge in [0.15, 0.2) is 0 Å². The largest absolute Gasteiger partial charge is 0.347 e. The van der Waals surface area contributed by atoms with Crippen molar-refractivity contribution < 1.29 is 4.79 Å². The summed E-state index contributed by atoms with van der Waals surface area (Å²) in [6.45, 7) is 0.783. The van der Waals surface area contributed by atoms with Gasteiger partial charge in [-0.3, -0.25) is 4.79 Å². The third kappa shape index (κ3) is 5.54. The van der Waals surface area contributed by atoms with Crippen LogP contribution in [0.4, 0.5) is 0 Å². The third-order valence-corrected chi connectivity index (χ3v) is 4.21. The van der Waals surface area contributed by atoms with Crippen LogP contribution in [0.15, 0.2) is 65.6 Å².